The third kappa shape index (κ3) is 2.81. The molecule has 7 nitrogen and oxygen atoms in total. The van der Waals surface area contributed by atoms with Crippen LogP contribution in [0.25, 0.3) is 0 Å². The SMILES string of the molecule is C=CCOc1ccc([C@@H]2CN(C)[C@@]3(C(=O)Nc4ccccc43)[C@H]2[N+](=O)[O-])cc1Cl. The summed E-state index contributed by atoms with van der Waals surface area (Å²) >= 11 is 6.35. The number of rotatable bonds is 5. The van der Waals surface area contributed by atoms with Crippen molar-refractivity contribution in [2.24, 2.45) is 0 Å². The molecular weight excluding hydrogens is 394 g/mol. The Morgan fingerprint density at radius 2 is 2.17 bits per heavy atom. The van der Waals surface area contributed by atoms with Crippen LogP contribution >= 0.6 is 11.6 Å². The van der Waals surface area contributed by atoms with E-state index in [1.807, 2.05) is 0 Å². The first-order valence-electron chi connectivity index (χ1n) is 9.20. The Hall–Kier alpha value is -2.90. The van der Waals surface area contributed by atoms with Crippen LogP contribution in [0.5, 0.6) is 5.75 Å². The molecule has 0 aliphatic carbocycles. The van der Waals surface area contributed by atoms with Crippen LogP contribution in [0.4, 0.5) is 5.69 Å². The Kier molecular flexibility index (Phi) is 4.80. The lowest BCUT2D eigenvalue weighted by atomic mass is 9.79. The van der Waals surface area contributed by atoms with E-state index in [1.54, 1.807) is 60.5 Å². The number of fused-ring (bicyclic) bond motifs is 2. The van der Waals surface area contributed by atoms with Gasteiger partial charge >= 0.3 is 0 Å². The molecule has 150 valence electrons. The van der Waals surface area contributed by atoms with E-state index in [9.17, 15) is 14.9 Å². The van der Waals surface area contributed by atoms with Crippen molar-refractivity contribution in [2.75, 3.05) is 25.5 Å². The van der Waals surface area contributed by atoms with Crippen LogP contribution in [-0.2, 0) is 10.3 Å². The van der Waals surface area contributed by atoms with Crippen LogP contribution in [-0.4, -0.2) is 42.0 Å². The second kappa shape index (κ2) is 7.17. The maximum atomic E-state index is 13.1. The number of nitrogens with one attached hydrogen (secondary N) is 1. The summed E-state index contributed by atoms with van der Waals surface area (Å²) in [5.74, 6) is -0.404. The fourth-order valence-corrected chi connectivity index (χ4v) is 4.84. The van der Waals surface area contributed by atoms with Crippen LogP contribution in [0, 0.1) is 10.1 Å². The molecule has 2 aliphatic rings. The lowest BCUT2D eigenvalue weighted by molar-refractivity contribution is -0.534. The Labute approximate surface area is 173 Å². The van der Waals surface area contributed by atoms with E-state index in [4.69, 9.17) is 16.3 Å². The monoisotopic (exact) mass is 413 g/mol. The number of likely N-dealkylation sites (tertiary alicyclic amines) is 1. The number of para-hydroxylation sites is 1. The largest absolute Gasteiger partial charge is 0.488 e. The van der Waals surface area contributed by atoms with Crippen LogP contribution in [0.1, 0.15) is 17.0 Å². The Morgan fingerprint density at radius 1 is 1.41 bits per heavy atom. The normalized spacial score (nSPS) is 25.7. The van der Waals surface area contributed by atoms with E-state index in [-0.39, 0.29) is 10.8 Å². The zero-order chi connectivity index (χ0) is 20.8. The highest BCUT2D eigenvalue weighted by Crippen LogP contribution is 2.52. The molecule has 0 radical (unpaired) electrons. The molecular formula is C21H20ClN3O4. The fourth-order valence-electron chi connectivity index (χ4n) is 4.59. The highest BCUT2D eigenvalue weighted by molar-refractivity contribution is 6.32. The van der Waals surface area contributed by atoms with Gasteiger partial charge in [-0.1, -0.05) is 48.5 Å². The predicted octanol–water partition coefficient (Wildman–Crippen LogP) is 3.43. The second-order valence-corrected chi connectivity index (χ2v) is 7.68. The number of nitro groups is 1. The molecule has 29 heavy (non-hydrogen) atoms. The second-order valence-electron chi connectivity index (χ2n) is 7.27. The van der Waals surface area contributed by atoms with Crippen molar-refractivity contribution in [3.05, 3.63) is 81.4 Å². The Morgan fingerprint density at radius 3 is 2.86 bits per heavy atom. The van der Waals surface area contributed by atoms with E-state index < -0.39 is 17.5 Å². The molecule has 1 amide bonds. The average molecular weight is 414 g/mol. The van der Waals surface area contributed by atoms with Crippen LogP contribution in [0.2, 0.25) is 5.02 Å². The van der Waals surface area contributed by atoms with E-state index >= 15 is 0 Å². The molecule has 2 aromatic carbocycles. The molecule has 1 spiro atoms. The molecule has 2 aliphatic heterocycles. The molecule has 0 saturated carbocycles. The summed E-state index contributed by atoms with van der Waals surface area (Å²) in [4.78, 5) is 26.8. The number of halogens is 1. The lowest BCUT2D eigenvalue weighted by Gasteiger charge is -2.30. The summed E-state index contributed by atoms with van der Waals surface area (Å²) < 4.78 is 5.50. The van der Waals surface area contributed by atoms with Crippen LogP contribution < -0.4 is 10.1 Å². The molecule has 0 aromatic heterocycles. The first kappa shape index (κ1) is 19.4. The highest BCUT2D eigenvalue weighted by atomic mass is 35.5. The van der Waals surface area contributed by atoms with Crippen molar-refractivity contribution in [3.63, 3.8) is 0 Å². The van der Waals surface area contributed by atoms with Gasteiger partial charge in [0.05, 0.1) is 10.9 Å². The van der Waals surface area contributed by atoms with Crippen LogP contribution in [0.3, 0.4) is 0 Å². The number of anilines is 1. The number of carbonyl (C=O) groups excluding carboxylic acids is 1. The first-order chi connectivity index (χ1) is 13.9. The molecule has 2 aromatic rings. The van der Waals surface area contributed by atoms with Gasteiger partial charge in [0.25, 0.3) is 11.9 Å². The average Bonchev–Trinajstić information content (AvgIpc) is 3.17. The van der Waals surface area contributed by atoms with Gasteiger partial charge in [0.1, 0.15) is 12.4 Å². The van der Waals surface area contributed by atoms with Gasteiger partial charge in [-0.05, 0) is 30.8 Å². The number of hydrogen-bond acceptors (Lipinski definition) is 5. The minimum atomic E-state index is -1.37. The standard InChI is InChI=1S/C21H20ClN3O4/c1-3-10-29-18-9-8-13(11-16(18)22)14-12-24(2)21(19(14)25(27)28)15-6-4-5-7-17(15)23-20(21)26/h3-9,11,14,19H,1,10,12H2,2H3,(H,23,26)/t14-,19-,21+/m0/s1. The van der Waals surface area contributed by atoms with Gasteiger partial charge in [0, 0.05) is 22.7 Å². The van der Waals surface area contributed by atoms with E-state index in [2.05, 4.69) is 11.9 Å². The number of nitrogens with zero attached hydrogens (tertiary/aromatic N) is 2. The molecule has 0 bridgehead atoms. The molecule has 1 fully saturated rings. The number of carbonyl (C=O) groups is 1. The fraction of sp³-hybridized carbons (Fsp3) is 0.286. The minimum Gasteiger partial charge on any atom is -0.488 e. The zero-order valence-electron chi connectivity index (χ0n) is 15.8. The van der Waals surface area contributed by atoms with E-state index in [0.717, 1.165) is 0 Å². The molecule has 1 N–H and O–H groups in total. The predicted molar refractivity (Wildman–Crippen MR) is 110 cm³/mol. The molecule has 1 saturated heterocycles. The molecule has 3 atom stereocenters. The highest BCUT2D eigenvalue weighted by Gasteiger charge is 2.68. The summed E-state index contributed by atoms with van der Waals surface area (Å²) in [6.45, 7) is 4.26. The van der Waals surface area contributed by atoms with Crippen LogP contribution in [0.15, 0.2) is 55.1 Å². The Balaban J connectivity index is 1.80. The smallest absolute Gasteiger partial charge is 0.256 e. The van der Waals surface area contributed by atoms with E-state index in [0.29, 0.717) is 40.7 Å². The van der Waals surface area contributed by atoms with Gasteiger partial charge in [-0.15, -0.1) is 0 Å². The maximum Gasteiger partial charge on any atom is 0.256 e. The molecule has 4 rings (SSSR count). The summed E-state index contributed by atoms with van der Waals surface area (Å²) in [6, 6.07) is 11.1. The Bertz CT molecular complexity index is 1010. The molecule has 0 unspecified atom stereocenters. The van der Waals surface area contributed by atoms with Crippen molar-refractivity contribution >= 4 is 23.2 Å². The number of likely N-dealkylation sites (N-methyl/N-ethyl adjacent to an activating group) is 1. The van der Waals surface area contributed by atoms with Crippen molar-refractivity contribution in [1.82, 2.24) is 4.90 Å². The topological polar surface area (TPSA) is 84.7 Å². The summed E-state index contributed by atoms with van der Waals surface area (Å²) in [7, 11) is 1.75. The molecule has 2 heterocycles. The number of ether oxygens (including phenoxy) is 1. The third-order valence-corrected chi connectivity index (χ3v) is 6.08. The van der Waals surface area contributed by atoms with Gasteiger partial charge in [0.2, 0.25) is 0 Å². The third-order valence-electron chi connectivity index (χ3n) is 5.78. The summed E-state index contributed by atoms with van der Waals surface area (Å²) in [5, 5.41) is 15.5. The minimum absolute atomic E-state index is 0.308. The summed E-state index contributed by atoms with van der Waals surface area (Å²) in [5.41, 5.74) is 0.579. The van der Waals surface area contributed by atoms with Crippen molar-refractivity contribution in [3.8, 4) is 5.75 Å². The number of benzene rings is 2. The van der Waals surface area contributed by atoms with Crippen molar-refractivity contribution in [1.29, 1.82) is 0 Å². The first-order valence-corrected chi connectivity index (χ1v) is 9.58. The van der Waals surface area contributed by atoms with Gasteiger partial charge in [-0.25, -0.2) is 0 Å². The summed E-state index contributed by atoms with van der Waals surface area (Å²) in [6.07, 6.45) is 1.61. The van der Waals surface area contributed by atoms with Gasteiger partial charge in [-0.3, -0.25) is 19.8 Å². The molecule has 8 heteroatoms. The number of amides is 1. The van der Waals surface area contributed by atoms with Gasteiger partial charge < -0.3 is 10.1 Å². The lowest BCUT2D eigenvalue weighted by Crippen LogP contribution is -2.54. The number of hydrogen-bond donors (Lipinski definition) is 1. The maximum absolute atomic E-state index is 13.1. The quantitative estimate of drug-likeness (QED) is 0.461. The van der Waals surface area contributed by atoms with Gasteiger partial charge in [-0.2, -0.15) is 0 Å². The van der Waals surface area contributed by atoms with Gasteiger partial charge in [0.15, 0.2) is 5.54 Å². The zero-order valence-corrected chi connectivity index (χ0v) is 16.6. The van der Waals surface area contributed by atoms with E-state index in [1.165, 1.54) is 0 Å². The van der Waals surface area contributed by atoms with Crippen molar-refractivity contribution in [2.45, 2.75) is 17.5 Å². The van der Waals surface area contributed by atoms with Crippen molar-refractivity contribution < 1.29 is 14.5 Å².